The Balaban J connectivity index is 1.58. The number of rotatable bonds is 12. The molecule has 38 heavy (non-hydrogen) atoms. The molecule has 0 saturated carbocycles. The van der Waals surface area contributed by atoms with Crippen molar-refractivity contribution in [3.63, 3.8) is 0 Å². The molecule has 11 nitrogen and oxygen atoms in total. The minimum atomic E-state index is -1.25. The Morgan fingerprint density at radius 2 is 2.03 bits per heavy atom. The molecule has 0 bridgehead atoms. The number of hydrogen-bond acceptors (Lipinski definition) is 8. The van der Waals surface area contributed by atoms with E-state index in [0.29, 0.717) is 62.2 Å². The Hall–Kier alpha value is -3.63. The van der Waals surface area contributed by atoms with Gasteiger partial charge in [0.1, 0.15) is 11.9 Å². The van der Waals surface area contributed by atoms with Crippen LogP contribution in [0.5, 0.6) is 5.75 Å². The van der Waals surface area contributed by atoms with Crippen LogP contribution in [0.2, 0.25) is 0 Å². The summed E-state index contributed by atoms with van der Waals surface area (Å²) >= 11 is 0. The first-order chi connectivity index (χ1) is 18.6. The quantitative estimate of drug-likeness (QED) is 0.190. The number of amides is 1. The maximum Gasteiger partial charge on any atom is 0.252 e. The first-order valence-electron chi connectivity index (χ1n) is 12.9. The Kier molecular flexibility index (Phi) is 9.56. The van der Waals surface area contributed by atoms with Crippen molar-refractivity contribution in [2.24, 2.45) is 10.1 Å². The highest BCUT2D eigenvalue weighted by atomic mass is 16.5. The molecule has 2 N–H and O–H groups in total. The molecule has 1 saturated heterocycles. The van der Waals surface area contributed by atoms with Gasteiger partial charge >= 0.3 is 0 Å². The second-order valence-electron chi connectivity index (χ2n) is 9.26. The van der Waals surface area contributed by atoms with E-state index in [4.69, 9.17) is 29.8 Å². The fourth-order valence-electron chi connectivity index (χ4n) is 4.54. The molecule has 2 aliphatic heterocycles. The summed E-state index contributed by atoms with van der Waals surface area (Å²) in [5, 5.41) is 15.8. The van der Waals surface area contributed by atoms with Crippen LogP contribution in [-0.4, -0.2) is 86.1 Å². The fraction of sp³-hybridized carbons (Fsp3) is 0.481. The summed E-state index contributed by atoms with van der Waals surface area (Å²) < 4.78 is 17.2. The molecule has 0 aliphatic carbocycles. The monoisotopic (exact) mass is 522 g/mol. The molecule has 202 valence electrons. The average molecular weight is 523 g/mol. The average Bonchev–Trinajstić information content (AvgIpc) is 3.28. The molecule has 2 atom stereocenters. The van der Waals surface area contributed by atoms with Crippen LogP contribution in [0.4, 0.5) is 5.69 Å². The van der Waals surface area contributed by atoms with Gasteiger partial charge in [-0.3, -0.25) is 9.69 Å². The Morgan fingerprint density at radius 1 is 1.26 bits per heavy atom. The van der Waals surface area contributed by atoms with Crippen molar-refractivity contribution in [3.8, 4) is 5.75 Å². The van der Waals surface area contributed by atoms with Gasteiger partial charge in [-0.2, -0.15) is 0 Å². The number of carbonyl (C=O) groups excluding carboxylic acids is 1. The molecule has 1 fully saturated rings. The largest absolute Gasteiger partial charge is 0.494 e. The Bertz CT molecular complexity index is 1160. The number of morpholine rings is 1. The number of azide groups is 1. The first kappa shape index (κ1) is 27.4. The highest BCUT2D eigenvalue weighted by Crippen LogP contribution is 2.35. The Labute approximate surface area is 222 Å². The van der Waals surface area contributed by atoms with Gasteiger partial charge in [-0.05, 0) is 42.3 Å². The van der Waals surface area contributed by atoms with Gasteiger partial charge in [-0.25, -0.2) is 4.99 Å². The molecular weight excluding hydrogens is 488 g/mol. The lowest BCUT2D eigenvalue weighted by molar-refractivity contribution is -0.128. The molecule has 0 unspecified atom stereocenters. The van der Waals surface area contributed by atoms with E-state index >= 15 is 0 Å². The van der Waals surface area contributed by atoms with E-state index in [1.807, 2.05) is 43.3 Å². The van der Waals surface area contributed by atoms with Gasteiger partial charge in [-0.1, -0.05) is 29.4 Å². The number of aliphatic hydroxyl groups excluding tert-OH is 1. The van der Waals surface area contributed by atoms with Gasteiger partial charge < -0.3 is 24.6 Å². The molecule has 0 spiro atoms. The molecular formula is C27H34N6O5. The third kappa shape index (κ3) is 6.62. The van der Waals surface area contributed by atoms with Gasteiger partial charge in [0, 0.05) is 61.8 Å². The zero-order chi connectivity index (χ0) is 26.8. The summed E-state index contributed by atoms with van der Waals surface area (Å²) in [5.74, 6) is 0.793. The SMILES string of the molecule is C[C@H]1OC(c2ccc(OCCCO)cc2)=N[C@@]1(Cc1ccccc1N=[N+]=[N-])C(=O)NCCN1CCOCC1. The van der Waals surface area contributed by atoms with Crippen LogP contribution in [-0.2, 0) is 20.7 Å². The van der Waals surface area contributed by atoms with E-state index in [0.717, 1.165) is 18.7 Å². The minimum absolute atomic E-state index is 0.0695. The number of aliphatic imine (C=N–C) groups is 1. The highest BCUT2D eigenvalue weighted by molar-refractivity contribution is 6.01. The fourth-order valence-corrected chi connectivity index (χ4v) is 4.54. The number of hydrogen-bond donors (Lipinski definition) is 2. The topological polar surface area (TPSA) is 141 Å². The van der Waals surface area contributed by atoms with E-state index in [-0.39, 0.29) is 18.9 Å². The van der Waals surface area contributed by atoms with Crippen LogP contribution in [0, 0.1) is 0 Å². The van der Waals surface area contributed by atoms with Gasteiger partial charge in [0.2, 0.25) is 5.90 Å². The summed E-state index contributed by atoms with van der Waals surface area (Å²) in [5.41, 5.74) is 9.67. The smallest absolute Gasteiger partial charge is 0.252 e. The molecule has 4 rings (SSSR count). The van der Waals surface area contributed by atoms with E-state index < -0.39 is 11.6 Å². The zero-order valence-corrected chi connectivity index (χ0v) is 21.6. The first-order valence-corrected chi connectivity index (χ1v) is 12.9. The van der Waals surface area contributed by atoms with Crippen molar-refractivity contribution >= 4 is 17.5 Å². The molecule has 11 heteroatoms. The predicted molar refractivity (Wildman–Crippen MR) is 143 cm³/mol. The summed E-state index contributed by atoms with van der Waals surface area (Å²) in [4.78, 5) is 23.9. The van der Waals surface area contributed by atoms with Crippen molar-refractivity contribution in [3.05, 3.63) is 70.1 Å². The maximum absolute atomic E-state index is 13.8. The number of carbonyl (C=O) groups is 1. The third-order valence-electron chi connectivity index (χ3n) is 6.75. The van der Waals surface area contributed by atoms with Crippen molar-refractivity contribution in [2.75, 3.05) is 52.6 Å². The van der Waals surface area contributed by atoms with Gasteiger partial charge in [-0.15, -0.1) is 0 Å². The second kappa shape index (κ2) is 13.3. The predicted octanol–water partition coefficient (Wildman–Crippen LogP) is 2.98. The van der Waals surface area contributed by atoms with Crippen LogP contribution in [0.1, 0.15) is 24.5 Å². The van der Waals surface area contributed by atoms with Gasteiger partial charge in [0.25, 0.3) is 5.91 Å². The van der Waals surface area contributed by atoms with Crippen LogP contribution >= 0.6 is 0 Å². The lowest BCUT2D eigenvalue weighted by Crippen LogP contribution is -2.54. The highest BCUT2D eigenvalue weighted by Gasteiger charge is 2.50. The third-order valence-corrected chi connectivity index (χ3v) is 6.75. The molecule has 2 aromatic carbocycles. The lowest BCUT2D eigenvalue weighted by Gasteiger charge is -2.30. The molecule has 2 heterocycles. The zero-order valence-electron chi connectivity index (χ0n) is 21.6. The van der Waals surface area contributed by atoms with Crippen LogP contribution in [0.15, 0.2) is 58.6 Å². The standard InChI is InChI=1S/C27H34N6O5/c1-20-27(19-22-5-2-3-6-24(22)31-32-28,26(35)29-11-12-33-13-17-36-18-14-33)30-25(38-20)21-7-9-23(10-8-21)37-16-4-15-34/h2-3,5-10,20,34H,4,11-19H2,1H3,(H,29,35)/t20-,27-/m1/s1. The van der Waals surface area contributed by atoms with Gasteiger partial charge in [0.15, 0.2) is 5.54 Å². The van der Waals surface area contributed by atoms with E-state index in [1.165, 1.54) is 0 Å². The van der Waals surface area contributed by atoms with E-state index in [1.54, 1.807) is 12.1 Å². The van der Waals surface area contributed by atoms with E-state index in [9.17, 15) is 4.79 Å². The van der Waals surface area contributed by atoms with Crippen molar-refractivity contribution in [2.45, 2.75) is 31.4 Å². The number of benzene rings is 2. The number of aliphatic hydroxyl groups is 1. The summed E-state index contributed by atoms with van der Waals surface area (Å²) in [6, 6.07) is 14.5. The summed E-state index contributed by atoms with van der Waals surface area (Å²) in [6.45, 7) is 6.56. The van der Waals surface area contributed by atoms with Crippen molar-refractivity contribution < 1.29 is 24.1 Å². The molecule has 2 aromatic rings. The molecule has 0 radical (unpaired) electrons. The summed E-state index contributed by atoms with van der Waals surface area (Å²) in [7, 11) is 0. The van der Waals surface area contributed by atoms with Crippen LogP contribution in [0.25, 0.3) is 10.4 Å². The van der Waals surface area contributed by atoms with Crippen molar-refractivity contribution in [1.82, 2.24) is 10.2 Å². The van der Waals surface area contributed by atoms with Crippen LogP contribution in [0.3, 0.4) is 0 Å². The molecule has 1 amide bonds. The van der Waals surface area contributed by atoms with Crippen LogP contribution < -0.4 is 10.1 Å². The molecule has 0 aromatic heterocycles. The number of ether oxygens (including phenoxy) is 3. The Morgan fingerprint density at radius 3 is 2.76 bits per heavy atom. The number of nitrogens with one attached hydrogen (secondary N) is 1. The maximum atomic E-state index is 13.8. The number of nitrogens with zero attached hydrogens (tertiary/aromatic N) is 5. The molecule has 2 aliphatic rings. The lowest BCUT2D eigenvalue weighted by atomic mass is 9.85. The van der Waals surface area contributed by atoms with Gasteiger partial charge in [0.05, 0.1) is 19.8 Å². The van der Waals surface area contributed by atoms with E-state index in [2.05, 4.69) is 20.2 Å². The van der Waals surface area contributed by atoms with Crippen molar-refractivity contribution in [1.29, 1.82) is 0 Å². The minimum Gasteiger partial charge on any atom is -0.494 e. The summed E-state index contributed by atoms with van der Waals surface area (Å²) in [6.07, 6.45) is 0.189. The second-order valence-corrected chi connectivity index (χ2v) is 9.26. The normalized spacial score (nSPS) is 21.2.